The van der Waals surface area contributed by atoms with Crippen molar-refractivity contribution in [2.75, 3.05) is 5.75 Å². The van der Waals surface area contributed by atoms with E-state index in [1.54, 1.807) is 0 Å². The second kappa shape index (κ2) is 7.77. The Hall–Kier alpha value is 1.53. The third-order valence-electron chi connectivity index (χ3n) is 0.838. The van der Waals surface area contributed by atoms with Gasteiger partial charge in [-0.2, -0.15) is 0 Å². The van der Waals surface area contributed by atoms with Crippen molar-refractivity contribution >= 4 is 74.4 Å². The second-order valence-electron chi connectivity index (χ2n) is 2.15. The third kappa shape index (κ3) is 8.52. The number of halogens is 4. The van der Waals surface area contributed by atoms with E-state index < -0.39 is 9.55 Å². The van der Waals surface area contributed by atoms with Gasteiger partial charge in [-0.3, -0.25) is 4.79 Å². The third-order valence-corrected chi connectivity index (χ3v) is 4.99. The van der Waals surface area contributed by atoms with Crippen molar-refractivity contribution in [3.63, 3.8) is 0 Å². The fourth-order valence-corrected chi connectivity index (χ4v) is 2.70. The van der Waals surface area contributed by atoms with Gasteiger partial charge in [0.05, 0.1) is 0 Å². The number of carbonyl (C=O) groups excluding carboxylic acids is 1. The molecule has 0 bridgehead atoms. The molecule has 0 amide bonds. The highest BCUT2D eigenvalue weighted by Gasteiger charge is 2.19. The van der Waals surface area contributed by atoms with Crippen LogP contribution in [0.1, 0.15) is 6.92 Å². The van der Waals surface area contributed by atoms with Crippen molar-refractivity contribution in [2.45, 2.75) is 21.8 Å². The van der Waals surface area contributed by atoms with Crippen LogP contribution in [0.3, 0.4) is 0 Å². The highest BCUT2D eigenvalue weighted by atomic mass is 35.5. The molecule has 0 saturated carbocycles. The molecule has 0 aromatic heterocycles. The van der Waals surface area contributed by atoms with Gasteiger partial charge in [-0.25, -0.2) is 0 Å². The maximum atomic E-state index is 11.1. The van der Waals surface area contributed by atoms with E-state index in [2.05, 4.69) is 0 Å². The minimum absolute atomic E-state index is 0.0360. The van der Waals surface area contributed by atoms with Crippen LogP contribution in [0.15, 0.2) is 0 Å². The molecule has 0 unspecified atom stereocenters. The molecule has 2 atom stereocenters. The normalized spacial score (nSPS) is 15.8. The van der Waals surface area contributed by atoms with Gasteiger partial charge in [0.2, 0.25) is 4.45 Å². The van der Waals surface area contributed by atoms with E-state index in [-0.39, 0.29) is 9.82 Å². The second-order valence-corrected chi connectivity index (χ2v) is 7.15. The molecule has 0 aliphatic carbocycles. The summed E-state index contributed by atoms with van der Waals surface area (Å²) in [6.45, 7) is 1.82. The van der Waals surface area contributed by atoms with Crippen molar-refractivity contribution in [2.24, 2.45) is 0 Å². The van der Waals surface area contributed by atoms with Crippen LogP contribution >= 0.6 is 69.9 Å². The lowest BCUT2D eigenvalue weighted by Gasteiger charge is -2.07. The average molecular weight is 302 g/mol. The molecule has 0 aliphatic rings. The smallest absolute Gasteiger partial charge is 0.247 e. The Bertz CT molecular complexity index is 165. The van der Waals surface area contributed by atoms with E-state index in [0.717, 1.165) is 23.5 Å². The number of alkyl halides is 4. The van der Waals surface area contributed by atoms with E-state index in [1.165, 1.54) is 0 Å². The Labute approximate surface area is 106 Å². The lowest BCUT2D eigenvalue weighted by Crippen LogP contribution is -2.06. The summed E-state index contributed by atoms with van der Waals surface area (Å²) < 4.78 is -0.715. The van der Waals surface area contributed by atoms with Crippen LogP contribution in [0.25, 0.3) is 0 Å². The lowest BCUT2D eigenvalue weighted by molar-refractivity contribution is 0.276. The summed E-state index contributed by atoms with van der Waals surface area (Å²) in [6, 6.07) is 0. The first-order valence-electron chi connectivity index (χ1n) is 3.33. The highest BCUT2D eigenvalue weighted by molar-refractivity contribution is 8.39. The molecule has 78 valence electrons. The predicted octanol–water partition coefficient (Wildman–Crippen LogP) is 4.57. The standard InChI is InChI=1S/C6H8Cl4OS2/c1-3(7)2-12-6(11)13-5(10)4(8)9/h3-5H,2H2,1H3/t3-,5+/m1/s1. The van der Waals surface area contributed by atoms with Gasteiger partial charge in [0.15, 0.2) is 0 Å². The van der Waals surface area contributed by atoms with E-state index in [0.29, 0.717) is 5.75 Å². The molecular weight excluding hydrogens is 294 g/mol. The van der Waals surface area contributed by atoms with Crippen molar-refractivity contribution in [3.05, 3.63) is 0 Å². The predicted molar refractivity (Wildman–Crippen MR) is 65.9 cm³/mol. The van der Waals surface area contributed by atoms with Gasteiger partial charge < -0.3 is 0 Å². The molecule has 0 aromatic carbocycles. The quantitative estimate of drug-likeness (QED) is 0.708. The number of hydrogen-bond donors (Lipinski definition) is 0. The van der Waals surface area contributed by atoms with Gasteiger partial charge in [-0.05, 0) is 6.92 Å². The monoisotopic (exact) mass is 300 g/mol. The van der Waals surface area contributed by atoms with Gasteiger partial charge in [0.25, 0.3) is 0 Å². The molecule has 0 radical (unpaired) electrons. The minimum Gasteiger partial charge on any atom is -0.274 e. The summed E-state index contributed by atoms with van der Waals surface area (Å²) in [5.74, 6) is 0.562. The largest absolute Gasteiger partial charge is 0.274 e. The Morgan fingerprint density at radius 2 is 1.85 bits per heavy atom. The van der Waals surface area contributed by atoms with Crippen molar-refractivity contribution in [1.82, 2.24) is 0 Å². The summed E-state index contributed by atoms with van der Waals surface area (Å²) in [6.07, 6.45) is 0. The molecule has 0 N–H and O–H groups in total. The average Bonchev–Trinajstić information content (AvgIpc) is 2.00. The summed E-state index contributed by atoms with van der Waals surface area (Å²) >= 11 is 24.3. The summed E-state index contributed by atoms with van der Waals surface area (Å²) in [7, 11) is 0. The first-order valence-corrected chi connectivity index (χ1v) is 6.94. The number of hydrogen-bond acceptors (Lipinski definition) is 3. The van der Waals surface area contributed by atoms with Crippen LogP contribution in [-0.2, 0) is 0 Å². The van der Waals surface area contributed by atoms with Crippen molar-refractivity contribution < 1.29 is 4.79 Å². The first kappa shape index (κ1) is 14.5. The topological polar surface area (TPSA) is 17.1 Å². The summed E-state index contributed by atoms with van der Waals surface area (Å²) in [5.41, 5.74) is 0. The van der Waals surface area contributed by atoms with Crippen LogP contribution < -0.4 is 0 Å². The molecule has 0 aliphatic heterocycles. The summed E-state index contributed by atoms with van der Waals surface area (Å²) in [5, 5.41) is -0.0360. The number of carbonyl (C=O) groups is 1. The molecule has 0 rings (SSSR count). The van der Waals surface area contributed by atoms with E-state index in [1.807, 2.05) is 6.92 Å². The highest BCUT2D eigenvalue weighted by Crippen LogP contribution is 2.30. The van der Waals surface area contributed by atoms with Crippen LogP contribution in [0.5, 0.6) is 0 Å². The lowest BCUT2D eigenvalue weighted by atomic mass is 10.6. The zero-order chi connectivity index (χ0) is 10.4. The Morgan fingerprint density at radius 3 is 2.23 bits per heavy atom. The Balaban J connectivity index is 3.62. The van der Waals surface area contributed by atoms with Gasteiger partial charge >= 0.3 is 0 Å². The van der Waals surface area contributed by atoms with Gasteiger partial charge in [-0.1, -0.05) is 23.5 Å². The number of thioether (sulfide) groups is 2. The molecular formula is C6H8Cl4OS2. The molecule has 13 heavy (non-hydrogen) atoms. The van der Waals surface area contributed by atoms with Crippen LogP contribution in [0.2, 0.25) is 0 Å². The zero-order valence-corrected chi connectivity index (χ0v) is 11.3. The Morgan fingerprint density at radius 1 is 1.31 bits per heavy atom. The van der Waals surface area contributed by atoms with Crippen molar-refractivity contribution in [1.29, 1.82) is 0 Å². The Kier molecular flexibility index (Phi) is 8.69. The van der Waals surface area contributed by atoms with Gasteiger partial charge in [-0.15, -0.1) is 46.4 Å². The van der Waals surface area contributed by atoms with E-state index in [9.17, 15) is 4.79 Å². The van der Waals surface area contributed by atoms with Crippen LogP contribution in [-0.4, -0.2) is 25.1 Å². The first-order chi connectivity index (χ1) is 5.93. The molecule has 0 fully saturated rings. The van der Waals surface area contributed by atoms with Gasteiger partial charge in [0, 0.05) is 11.1 Å². The number of rotatable bonds is 4. The molecule has 7 heteroatoms. The molecule has 0 spiro atoms. The molecule has 0 heterocycles. The van der Waals surface area contributed by atoms with Crippen LogP contribution in [0.4, 0.5) is 4.79 Å². The molecule has 0 saturated heterocycles. The minimum atomic E-state index is -0.746. The maximum Gasteiger partial charge on any atom is 0.247 e. The fourth-order valence-electron chi connectivity index (χ4n) is 0.360. The maximum absolute atomic E-state index is 11.1. The van der Waals surface area contributed by atoms with Crippen molar-refractivity contribution in [3.8, 4) is 0 Å². The van der Waals surface area contributed by atoms with Gasteiger partial charge in [0.1, 0.15) is 9.55 Å². The van der Waals surface area contributed by atoms with E-state index >= 15 is 0 Å². The SMILES string of the molecule is C[C@@H](Cl)CSC(=O)S[C@H](Cl)C(Cl)Cl. The zero-order valence-electron chi connectivity index (χ0n) is 6.68. The summed E-state index contributed by atoms with van der Waals surface area (Å²) in [4.78, 5) is 10.4. The molecule has 0 aromatic rings. The van der Waals surface area contributed by atoms with E-state index in [4.69, 9.17) is 46.4 Å². The van der Waals surface area contributed by atoms with Crippen LogP contribution in [0, 0.1) is 0 Å². The fraction of sp³-hybridized carbons (Fsp3) is 0.833. The molecule has 1 nitrogen and oxygen atoms in total.